The fourth-order valence-corrected chi connectivity index (χ4v) is 2.99. The number of nitrogens with zero attached hydrogens (tertiary/aromatic N) is 3. The zero-order valence-electron chi connectivity index (χ0n) is 9.29. The number of nitrogen functional groups attached to an aromatic ring is 1. The van der Waals surface area contributed by atoms with Crippen LogP contribution in [0.2, 0.25) is 0 Å². The van der Waals surface area contributed by atoms with Gasteiger partial charge in [-0.05, 0) is 6.07 Å². The molecule has 0 fully saturated rings. The van der Waals surface area contributed by atoms with Gasteiger partial charge in [-0.1, -0.05) is 18.2 Å². The second-order valence-electron chi connectivity index (χ2n) is 4.03. The zero-order valence-corrected chi connectivity index (χ0v) is 10.1. The molecule has 1 aromatic carbocycles. The molecule has 18 heavy (non-hydrogen) atoms. The van der Waals surface area contributed by atoms with Crippen LogP contribution < -0.4 is 5.73 Å². The fourth-order valence-electron chi connectivity index (χ4n) is 2.17. The van der Waals surface area contributed by atoms with E-state index >= 15 is 0 Å². The van der Waals surface area contributed by atoms with Gasteiger partial charge >= 0.3 is 0 Å². The molecule has 0 atom stereocenters. The van der Waals surface area contributed by atoms with Crippen molar-refractivity contribution in [3.8, 4) is 11.3 Å². The van der Waals surface area contributed by atoms with Gasteiger partial charge in [-0.25, -0.2) is 4.52 Å². The molecule has 0 saturated carbocycles. The first-order valence-electron chi connectivity index (χ1n) is 5.49. The molecule has 3 N–H and O–H groups in total. The summed E-state index contributed by atoms with van der Waals surface area (Å²) >= 11 is 1.54. The first-order valence-corrected chi connectivity index (χ1v) is 6.37. The molecule has 0 aliphatic rings. The van der Waals surface area contributed by atoms with E-state index in [4.69, 9.17) is 5.73 Å². The van der Waals surface area contributed by atoms with Crippen molar-refractivity contribution < 1.29 is 0 Å². The van der Waals surface area contributed by atoms with Gasteiger partial charge in [0, 0.05) is 28.0 Å². The topological polar surface area (TPSA) is 72.0 Å². The monoisotopic (exact) mass is 255 g/mol. The highest BCUT2D eigenvalue weighted by atomic mass is 32.1. The van der Waals surface area contributed by atoms with Crippen LogP contribution in [0.15, 0.2) is 35.8 Å². The molecule has 5 nitrogen and oxygen atoms in total. The van der Waals surface area contributed by atoms with Gasteiger partial charge in [0.25, 0.3) is 0 Å². The number of hydrogen-bond acceptors (Lipinski definition) is 4. The van der Waals surface area contributed by atoms with E-state index in [-0.39, 0.29) is 0 Å². The maximum atomic E-state index is 5.63. The van der Waals surface area contributed by atoms with Gasteiger partial charge < -0.3 is 10.7 Å². The number of aromatic nitrogens is 4. The fraction of sp³-hybridized carbons (Fsp3) is 0. The van der Waals surface area contributed by atoms with E-state index in [0.29, 0.717) is 5.95 Å². The second-order valence-corrected chi connectivity index (χ2v) is 4.87. The molecule has 3 aromatic heterocycles. The van der Waals surface area contributed by atoms with Crippen LogP contribution in [-0.4, -0.2) is 19.6 Å². The Balaban J connectivity index is 2.07. The number of nitrogens with two attached hydrogens (primary N) is 1. The number of rotatable bonds is 1. The van der Waals surface area contributed by atoms with E-state index in [1.54, 1.807) is 4.52 Å². The molecule has 0 saturated heterocycles. The van der Waals surface area contributed by atoms with Crippen LogP contribution in [0.4, 0.5) is 5.95 Å². The van der Waals surface area contributed by atoms with Crippen molar-refractivity contribution in [3.05, 3.63) is 35.8 Å². The standard InChI is InChI=1S/C12H9N5S/c13-11-15-12-17(16-11)10(6-18-12)8-5-14-9-4-2-1-3-7(8)9/h1-6,14H,(H2,13,16). The summed E-state index contributed by atoms with van der Waals surface area (Å²) in [6.07, 6.45) is 1.99. The van der Waals surface area contributed by atoms with Crippen molar-refractivity contribution >= 4 is 33.1 Å². The lowest BCUT2D eigenvalue weighted by Crippen LogP contribution is -1.90. The molecular formula is C12H9N5S. The van der Waals surface area contributed by atoms with E-state index in [0.717, 1.165) is 21.7 Å². The van der Waals surface area contributed by atoms with Gasteiger partial charge in [0.05, 0.1) is 5.69 Å². The smallest absolute Gasteiger partial charge is 0.241 e. The van der Waals surface area contributed by atoms with Crippen molar-refractivity contribution in [1.82, 2.24) is 19.6 Å². The average Bonchev–Trinajstić information content (AvgIpc) is 3.02. The van der Waals surface area contributed by atoms with Gasteiger partial charge in [0.2, 0.25) is 10.9 Å². The lowest BCUT2D eigenvalue weighted by Gasteiger charge is -1.96. The summed E-state index contributed by atoms with van der Waals surface area (Å²) in [5.41, 5.74) is 8.86. The molecule has 0 amide bonds. The predicted molar refractivity (Wildman–Crippen MR) is 72.6 cm³/mol. The Morgan fingerprint density at radius 1 is 1.28 bits per heavy atom. The number of aromatic amines is 1. The van der Waals surface area contributed by atoms with Crippen LogP contribution in [0.3, 0.4) is 0 Å². The Kier molecular flexibility index (Phi) is 1.79. The van der Waals surface area contributed by atoms with Gasteiger partial charge in [0.1, 0.15) is 0 Å². The molecule has 3 heterocycles. The SMILES string of the molecule is Nc1nc2scc(-c3c[nH]c4ccccc34)n2n1. The van der Waals surface area contributed by atoms with Crippen molar-refractivity contribution in [2.45, 2.75) is 0 Å². The Hall–Kier alpha value is -2.34. The lowest BCUT2D eigenvalue weighted by molar-refractivity contribution is 0.993. The molecular weight excluding hydrogens is 246 g/mol. The van der Waals surface area contributed by atoms with Gasteiger partial charge in [0.15, 0.2) is 0 Å². The first-order chi connectivity index (χ1) is 8.83. The quantitative estimate of drug-likeness (QED) is 0.549. The third kappa shape index (κ3) is 1.20. The average molecular weight is 255 g/mol. The summed E-state index contributed by atoms with van der Waals surface area (Å²) in [4.78, 5) is 8.23. The molecule has 4 aromatic rings. The summed E-state index contributed by atoms with van der Waals surface area (Å²) in [5.74, 6) is 0.308. The van der Waals surface area contributed by atoms with Crippen molar-refractivity contribution in [1.29, 1.82) is 0 Å². The van der Waals surface area contributed by atoms with Crippen molar-refractivity contribution in [3.63, 3.8) is 0 Å². The molecule has 0 bridgehead atoms. The Morgan fingerprint density at radius 3 is 3.11 bits per heavy atom. The van der Waals surface area contributed by atoms with Crippen LogP contribution in [-0.2, 0) is 0 Å². The van der Waals surface area contributed by atoms with Crippen LogP contribution in [0.1, 0.15) is 0 Å². The number of H-pyrrole nitrogens is 1. The first kappa shape index (κ1) is 9.67. The molecule has 88 valence electrons. The summed E-state index contributed by atoms with van der Waals surface area (Å²) in [6.45, 7) is 0. The van der Waals surface area contributed by atoms with Gasteiger partial charge in [-0.2, -0.15) is 4.98 Å². The second kappa shape index (κ2) is 3.33. The Bertz CT molecular complexity index is 854. The number of thiazole rings is 1. The van der Waals surface area contributed by atoms with E-state index in [1.165, 1.54) is 16.7 Å². The van der Waals surface area contributed by atoms with Crippen molar-refractivity contribution in [2.75, 3.05) is 5.73 Å². The van der Waals surface area contributed by atoms with Gasteiger partial charge in [-0.15, -0.1) is 16.4 Å². The lowest BCUT2D eigenvalue weighted by atomic mass is 10.1. The third-order valence-corrected chi connectivity index (χ3v) is 3.78. The minimum Gasteiger partial charge on any atom is -0.366 e. The number of fused-ring (bicyclic) bond motifs is 2. The number of hydrogen-bond donors (Lipinski definition) is 2. The molecule has 4 rings (SSSR count). The van der Waals surface area contributed by atoms with E-state index in [2.05, 4.69) is 27.2 Å². The van der Waals surface area contributed by atoms with Crippen LogP contribution in [0.5, 0.6) is 0 Å². The summed E-state index contributed by atoms with van der Waals surface area (Å²) in [5, 5.41) is 7.43. The van der Waals surface area contributed by atoms with E-state index < -0.39 is 0 Å². The van der Waals surface area contributed by atoms with Gasteiger partial charge in [-0.3, -0.25) is 0 Å². The molecule has 0 aliphatic heterocycles. The summed E-state index contributed by atoms with van der Waals surface area (Å²) < 4.78 is 1.79. The van der Waals surface area contributed by atoms with E-state index in [1.807, 2.05) is 23.7 Å². The number of benzene rings is 1. The molecule has 0 spiro atoms. The zero-order chi connectivity index (χ0) is 12.1. The van der Waals surface area contributed by atoms with Crippen molar-refractivity contribution in [2.24, 2.45) is 0 Å². The normalized spacial score (nSPS) is 11.6. The van der Waals surface area contributed by atoms with Crippen LogP contribution >= 0.6 is 11.3 Å². The predicted octanol–water partition coefficient (Wildman–Crippen LogP) is 2.52. The number of para-hydroxylation sites is 1. The molecule has 0 aliphatic carbocycles. The number of nitrogens with one attached hydrogen (secondary N) is 1. The van der Waals surface area contributed by atoms with Crippen LogP contribution in [0, 0.1) is 0 Å². The highest BCUT2D eigenvalue weighted by molar-refractivity contribution is 7.15. The Labute approximate surface area is 106 Å². The summed E-state index contributed by atoms with van der Waals surface area (Å²) in [7, 11) is 0. The third-order valence-electron chi connectivity index (χ3n) is 2.96. The van der Waals surface area contributed by atoms with E-state index in [9.17, 15) is 0 Å². The summed E-state index contributed by atoms with van der Waals surface area (Å²) in [6, 6.07) is 8.18. The molecule has 0 radical (unpaired) electrons. The maximum Gasteiger partial charge on any atom is 0.241 e. The minimum atomic E-state index is 0.308. The molecule has 6 heteroatoms. The highest BCUT2D eigenvalue weighted by Crippen LogP contribution is 2.31. The largest absolute Gasteiger partial charge is 0.366 e. The maximum absolute atomic E-state index is 5.63. The number of anilines is 1. The minimum absolute atomic E-state index is 0.308. The van der Waals surface area contributed by atoms with Crippen LogP contribution in [0.25, 0.3) is 27.1 Å². The highest BCUT2D eigenvalue weighted by Gasteiger charge is 2.13. The molecule has 0 unspecified atom stereocenters. The Morgan fingerprint density at radius 2 is 2.17 bits per heavy atom.